The molecule has 1 N–H and O–H groups in total. The second-order valence-corrected chi connectivity index (χ2v) is 5.87. The fourth-order valence-corrected chi connectivity index (χ4v) is 2.44. The fourth-order valence-electron chi connectivity index (χ4n) is 1.84. The Morgan fingerprint density at radius 1 is 1.24 bits per heavy atom. The number of carbonyl (C=O) groups is 1. The normalized spacial score (nSPS) is 11.0. The van der Waals surface area contributed by atoms with E-state index < -0.39 is 5.91 Å². The van der Waals surface area contributed by atoms with Crippen molar-refractivity contribution in [2.45, 2.75) is 6.73 Å². The van der Waals surface area contributed by atoms with Gasteiger partial charge in [0.2, 0.25) is 0 Å². The Bertz CT molecular complexity index is 890. The van der Waals surface area contributed by atoms with Crippen LogP contribution in [0.1, 0.15) is 15.4 Å². The molecule has 0 saturated carbocycles. The van der Waals surface area contributed by atoms with Crippen molar-refractivity contribution in [3.8, 4) is 5.75 Å². The number of hydrogen-bond donors (Lipinski definition) is 1. The smallest absolute Gasteiger partial charge is 0.291 e. The van der Waals surface area contributed by atoms with Gasteiger partial charge in [-0.1, -0.05) is 0 Å². The molecule has 1 aromatic carbocycles. The largest absolute Gasteiger partial charge is 0.471 e. The van der Waals surface area contributed by atoms with Crippen molar-refractivity contribution in [2.75, 3.05) is 0 Å². The number of rotatable bonds is 6. The van der Waals surface area contributed by atoms with Gasteiger partial charge in [0.25, 0.3) is 5.91 Å². The second-order valence-electron chi connectivity index (χ2n) is 4.81. The molecule has 0 aliphatic heterocycles. The minimum atomic E-state index is -0.506. The van der Waals surface area contributed by atoms with Gasteiger partial charge in [0.15, 0.2) is 17.6 Å². The average Bonchev–Trinajstić information content (AvgIpc) is 3.23. The monoisotopic (exact) mass is 362 g/mol. The van der Waals surface area contributed by atoms with E-state index in [4.69, 9.17) is 4.74 Å². The van der Waals surface area contributed by atoms with E-state index in [1.165, 1.54) is 47.3 Å². The van der Waals surface area contributed by atoms with Crippen molar-refractivity contribution in [3.05, 3.63) is 70.2 Å². The number of nitrogens with one attached hydrogen (secondary N) is 1. The minimum Gasteiger partial charge on any atom is -0.471 e. The van der Waals surface area contributed by atoms with E-state index in [1.807, 2.05) is 0 Å². The van der Waals surface area contributed by atoms with E-state index in [2.05, 4.69) is 15.6 Å². The van der Waals surface area contributed by atoms with Gasteiger partial charge in [-0.25, -0.2) is 14.5 Å². The van der Waals surface area contributed by atoms with Gasteiger partial charge in [0.1, 0.15) is 11.6 Å². The Hall–Kier alpha value is -3.07. The van der Waals surface area contributed by atoms with Crippen LogP contribution >= 0.6 is 11.3 Å². The Balaban J connectivity index is 1.52. The molecule has 3 aromatic rings. The predicted molar refractivity (Wildman–Crippen MR) is 88.6 cm³/mol. The lowest BCUT2D eigenvalue weighted by Crippen LogP contribution is -2.19. The number of nitrogens with zero attached hydrogens (tertiary/aromatic N) is 3. The maximum atomic E-state index is 12.8. The van der Waals surface area contributed by atoms with Gasteiger partial charge in [-0.3, -0.25) is 4.79 Å². The average molecular weight is 362 g/mol. The minimum absolute atomic E-state index is 0.0661. The molecule has 3 rings (SSSR count). The molecular weight excluding hydrogens is 350 g/mol. The molecule has 0 aliphatic rings. The Morgan fingerprint density at radius 3 is 2.76 bits per heavy atom. The highest BCUT2D eigenvalue weighted by atomic mass is 32.1. The van der Waals surface area contributed by atoms with Crippen LogP contribution in [0.3, 0.4) is 0 Å². The standard InChI is InChI=1S/C16H12F2N4O2S/c17-11-1-3-12(4-2-11)24-10-22-8-7-14(21-22)16(23)20-19-9-13-5-6-15(18)25-13/h1-9H,10H2,(H,20,23)/b19-9+. The zero-order chi connectivity index (χ0) is 17.6. The summed E-state index contributed by atoms with van der Waals surface area (Å²) >= 11 is 0.918. The summed E-state index contributed by atoms with van der Waals surface area (Å²) in [5.74, 6) is -0.374. The molecule has 6 nitrogen and oxygen atoms in total. The lowest BCUT2D eigenvalue weighted by molar-refractivity contribution is 0.0948. The quantitative estimate of drug-likeness (QED) is 0.541. The molecule has 0 fully saturated rings. The molecule has 0 spiro atoms. The number of ether oxygens (including phenoxy) is 1. The summed E-state index contributed by atoms with van der Waals surface area (Å²) < 4.78 is 32.5. The molecule has 9 heteroatoms. The summed E-state index contributed by atoms with van der Waals surface area (Å²) in [7, 11) is 0. The highest BCUT2D eigenvalue weighted by Crippen LogP contribution is 2.12. The van der Waals surface area contributed by atoms with Crippen molar-refractivity contribution >= 4 is 23.5 Å². The summed E-state index contributed by atoms with van der Waals surface area (Å²) in [6.45, 7) is 0.0661. The van der Waals surface area contributed by atoms with E-state index in [9.17, 15) is 13.6 Å². The van der Waals surface area contributed by atoms with Crippen molar-refractivity contribution in [1.29, 1.82) is 0 Å². The number of carbonyl (C=O) groups excluding carboxylic acids is 1. The third kappa shape index (κ3) is 4.70. The van der Waals surface area contributed by atoms with Gasteiger partial charge in [0, 0.05) is 6.20 Å². The molecule has 2 heterocycles. The fraction of sp³-hybridized carbons (Fsp3) is 0.0625. The highest BCUT2D eigenvalue weighted by molar-refractivity contribution is 7.12. The number of halogens is 2. The van der Waals surface area contributed by atoms with Crippen molar-refractivity contribution < 1.29 is 18.3 Å². The molecule has 0 atom stereocenters. The van der Waals surface area contributed by atoms with Gasteiger partial charge in [-0.2, -0.15) is 14.6 Å². The molecule has 2 aromatic heterocycles. The number of thiophene rings is 1. The van der Waals surface area contributed by atoms with Crippen molar-refractivity contribution in [2.24, 2.45) is 5.10 Å². The zero-order valence-corrected chi connectivity index (χ0v) is 13.5. The van der Waals surface area contributed by atoms with E-state index in [1.54, 1.807) is 12.3 Å². The van der Waals surface area contributed by atoms with E-state index in [0.717, 1.165) is 11.3 Å². The molecule has 0 radical (unpaired) electrons. The van der Waals surface area contributed by atoms with Crippen LogP contribution in [0, 0.1) is 10.9 Å². The van der Waals surface area contributed by atoms with Gasteiger partial charge in [0.05, 0.1) is 11.1 Å². The predicted octanol–water partition coefficient (Wildman–Crippen LogP) is 3.02. The third-order valence-corrected chi connectivity index (χ3v) is 3.81. The third-order valence-electron chi connectivity index (χ3n) is 3.00. The first-order chi connectivity index (χ1) is 12.1. The lowest BCUT2D eigenvalue weighted by atomic mass is 10.3. The summed E-state index contributed by atoms with van der Waals surface area (Å²) in [5, 5.41) is 7.47. The van der Waals surface area contributed by atoms with Crippen molar-refractivity contribution in [3.63, 3.8) is 0 Å². The molecular formula is C16H12F2N4O2S. The summed E-state index contributed by atoms with van der Waals surface area (Å²) in [4.78, 5) is 12.5. The molecule has 0 bridgehead atoms. The molecule has 0 saturated heterocycles. The van der Waals surface area contributed by atoms with Crippen LogP contribution in [-0.2, 0) is 6.73 Å². The van der Waals surface area contributed by atoms with Crippen LogP contribution in [-0.4, -0.2) is 21.9 Å². The molecule has 1 amide bonds. The van der Waals surface area contributed by atoms with E-state index in [-0.39, 0.29) is 23.4 Å². The lowest BCUT2D eigenvalue weighted by Gasteiger charge is -2.05. The number of hydrogen-bond acceptors (Lipinski definition) is 5. The van der Waals surface area contributed by atoms with Crippen LogP contribution in [0.25, 0.3) is 0 Å². The molecule has 25 heavy (non-hydrogen) atoms. The van der Waals surface area contributed by atoms with Gasteiger partial charge >= 0.3 is 0 Å². The number of hydrazone groups is 1. The number of aromatic nitrogens is 2. The zero-order valence-electron chi connectivity index (χ0n) is 12.7. The Kier molecular flexibility index (Phi) is 5.14. The SMILES string of the molecule is O=C(N/N=C/c1ccc(F)s1)c1ccn(COc2ccc(F)cc2)n1. The first kappa shape index (κ1) is 16.8. The topological polar surface area (TPSA) is 68.5 Å². The van der Waals surface area contributed by atoms with Crippen LogP contribution in [0.4, 0.5) is 8.78 Å². The molecule has 0 aliphatic carbocycles. The number of amides is 1. The highest BCUT2D eigenvalue weighted by Gasteiger charge is 2.08. The first-order valence-corrected chi connectivity index (χ1v) is 7.92. The van der Waals surface area contributed by atoms with Crippen molar-refractivity contribution in [1.82, 2.24) is 15.2 Å². The molecule has 0 unspecified atom stereocenters. The maximum absolute atomic E-state index is 12.8. The van der Waals surface area contributed by atoms with E-state index >= 15 is 0 Å². The second kappa shape index (κ2) is 7.67. The summed E-state index contributed by atoms with van der Waals surface area (Å²) in [5.41, 5.74) is 2.46. The van der Waals surface area contributed by atoms with Gasteiger partial charge in [-0.15, -0.1) is 11.3 Å². The summed E-state index contributed by atoms with van der Waals surface area (Å²) in [6, 6.07) is 9.93. The van der Waals surface area contributed by atoms with Crippen LogP contribution in [0.15, 0.2) is 53.8 Å². The van der Waals surface area contributed by atoms with Gasteiger partial charge in [-0.05, 0) is 42.5 Å². The van der Waals surface area contributed by atoms with Gasteiger partial charge < -0.3 is 4.74 Å². The Morgan fingerprint density at radius 2 is 2.04 bits per heavy atom. The Labute approximate surface area is 145 Å². The van der Waals surface area contributed by atoms with Crippen LogP contribution < -0.4 is 10.2 Å². The van der Waals surface area contributed by atoms with Crippen LogP contribution in [0.2, 0.25) is 0 Å². The summed E-state index contributed by atoms with van der Waals surface area (Å²) in [6.07, 6.45) is 2.91. The molecule has 128 valence electrons. The maximum Gasteiger partial charge on any atom is 0.291 e. The first-order valence-electron chi connectivity index (χ1n) is 7.11. The van der Waals surface area contributed by atoms with Crippen LogP contribution in [0.5, 0.6) is 5.75 Å². The van der Waals surface area contributed by atoms with E-state index in [0.29, 0.717) is 10.6 Å². The number of benzene rings is 1.